The lowest BCUT2D eigenvalue weighted by Gasteiger charge is -2.23. The number of aliphatic carboxylic acids is 1. The number of rotatable bonds is 6. The number of hydrogen-bond donors (Lipinski definition) is 2. The van der Waals surface area contributed by atoms with Gasteiger partial charge in [-0.3, -0.25) is 9.59 Å². The fraction of sp³-hybridized carbons (Fsp3) is 0.800. The summed E-state index contributed by atoms with van der Waals surface area (Å²) in [5.41, 5.74) is 5.52. The summed E-state index contributed by atoms with van der Waals surface area (Å²) in [6.07, 6.45) is 2.04. The Labute approximate surface area is 89.2 Å². The first-order chi connectivity index (χ1) is 7.04. The second-order valence-electron chi connectivity index (χ2n) is 4.02. The van der Waals surface area contributed by atoms with E-state index in [2.05, 4.69) is 0 Å². The zero-order valence-corrected chi connectivity index (χ0v) is 8.98. The molecule has 5 nitrogen and oxygen atoms in total. The molecular weight excluding hydrogens is 196 g/mol. The second kappa shape index (κ2) is 5.11. The molecule has 0 aromatic carbocycles. The molecule has 1 unspecified atom stereocenters. The highest BCUT2D eigenvalue weighted by molar-refractivity contribution is 5.85. The Bertz CT molecular complexity index is 251. The molecular formula is C10H18N2O3. The minimum Gasteiger partial charge on any atom is -0.481 e. The van der Waals surface area contributed by atoms with Gasteiger partial charge in [0.1, 0.15) is 0 Å². The zero-order valence-electron chi connectivity index (χ0n) is 8.98. The Kier molecular flexibility index (Phi) is 4.08. The number of carbonyl (C=O) groups is 2. The maximum atomic E-state index is 11.7. The Morgan fingerprint density at radius 2 is 2.13 bits per heavy atom. The van der Waals surface area contributed by atoms with Gasteiger partial charge in [-0.2, -0.15) is 0 Å². The number of nitrogens with zero attached hydrogens (tertiary/aromatic N) is 1. The Balaban J connectivity index is 2.42. The molecule has 15 heavy (non-hydrogen) atoms. The third kappa shape index (κ3) is 3.87. The van der Waals surface area contributed by atoms with Crippen molar-refractivity contribution in [3.63, 3.8) is 0 Å². The van der Waals surface area contributed by atoms with Crippen LogP contribution in [0.25, 0.3) is 0 Å². The highest BCUT2D eigenvalue weighted by Crippen LogP contribution is 2.29. The lowest BCUT2D eigenvalue weighted by Crippen LogP contribution is -2.45. The molecule has 0 saturated heterocycles. The lowest BCUT2D eigenvalue weighted by molar-refractivity contribution is -0.142. The molecule has 1 rings (SSSR count). The summed E-state index contributed by atoms with van der Waals surface area (Å²) >= 11 is 0. The standard InChI is InChI=1S/C10H18N2O3/c1-2-12(6-7-3-4-7)10(15)8(11)5-9(13)14/h7-8H,2-6,11H2,1H3,(H,13,14). The van der Waals surface area contributed by atoms with Crippen LogP contribution in [0.3, 0.4) is 0 Å². The van der Waals surface area contributed by atoms with E-state index in [1.165, 1.54) is 0 Å². The van der Waals surface area contributed by atoms with Crippen molar-refractivity contribution in [2.45, 2.75) is 32.2 Å². The molecule has 0 bridgehead atoms. The number of carboxylic acid groups (broad SMARTS) is 1. The van der Waals surface area contributed by atoms with Gasteiger partial charge in [-0.05, 0) is 25.7 Å². The molecule has 86 valence electrons. The van der Waals surface area contributed by atoms with Crippen LogP contribution in [-0.4, -0.2) is 41.0 Å². The average Bonchev–Trinajstić information content (AvgIpc) is 2.95. The van der Waals surface area contributed by atoms with Crippen LogP contribution in [0.1, 0.15) is 26.2 Å². The van der Waals surface area contributed by atoms with E-state index in [1.807, 2.05) is 6.92 Å². The summed E-state index contributed by atoms with van der Waals surface area (Å²) < 4.78 is 0. The summed E-state index contributed by atoms with van der Waals surface area (Å²) in [5.74, 6) is -0.670. The van der Waals surface area contributed by atoms with E-state index in [9.17, 15) is 9.59 Å². The molecule has 1 aliphatic carbocycles. The Morgan fingerprint density at radius 3 is 2.53 bits per heavy atom. The minimum absolute atomic E-state index is 0.244. The molecule has 3 N–H and O–H groups in total. The van der Waals surface area contributed by atoms with E-state index in [0.717, 1.165) is 19.4 Å². The van der Waals surface area contributed by atoms with Crippen LogP contribution in [0.4, 0.5) is 0 Å². The van der Waals surface area contributed by atoms with Gasteiger partial charge in [0, 0.05) is 13.1 Å². The first kappa shape index (κ1) is 12.0. The predicted octanol–water partition coefficient (Wildman–Crippen LogP) is 0.0469. The second-order valence-corrected chi connectivity index (χ2v) is 4.02. The van der Waals surface area contributed by atoms with Crippen molar-refractivity contribution < 1.29 is 14.7 Å². The molecule has 0 radical (unpaired) electrons. The molecule has 0 aromatic rings. The maximum Gasteiger partial charge on any atom is 0.305 e. The number of hydrogen-bond acceptors (Lipinski definition) is 3. The topological polar surface area (TPSA) is 83.6 Å². The van der Waals surface area contributed by atoms with Gasteiger partial charge in [0.05, 0.1) is 12.5 Å². The SMILES string of the molecule is CCN(CC1CC1)C(=O)C(N)CC(=O)O. The van der Waals surface area contributed by atoms with Crippen LogP contribution in [0, 0.1) is 5.92 Å². The summed E-state index contributed by atoms with van der Waals surface area (Å²) in [6.45, 7) is 3.21. The molecule has 1 fully saturated rings. The normalized spacial score (nSPS) is 17.2. The van der Waals surface area contributed by atoms with E-state index in [-0.39, 0.29) is 12.3 Å². The highest BCUT2D eigenvalue weighted by atomic mass is 16.4. The maximum absolute atomic E-state index is 11.7. The van der Waals surface area contributed by atoms with Crippen molar-refractivity contribution >= 4 is 11.9 Å². The molecule has 0 aliphatic heterocycles. The molecule has 1 amide bonds. The molecule has 5 heteroatoms. The van der Waals surface area contributed by atoms with Gasteiger partial charge in [0.25, 0.3) is 0 Å². The number of carboxylic acids is 1. The summed E-state index contributed by atoms with van der Waals surface area (Å²) in [6, 6.07) is -0.902. The molecule has 1 saturated carbocycles. The van der Waals surface area contributed by atoms with Gasteiger partial charge < -0.3 is 15.7 Å². The summed E-state index contributed by atoms with van der Waals surface area (Å²) in [5, 5.41) is 8.53. The summed E-state index contributed by atoms with van der Waals surface area (Å²) in [7, 11) is 0. The van der Waals surface area contributed by atoms with Crippen LogP contribution < -0.4 is 5.73 Å². The highest BCUT2D eigenvalue weighted by Gasteiger charge is 2.28. The van der Waals surface area contributed by atoms with Gasteiger partial charge in [0.15, 0.2) is 0 Å². The van der Waals surface area contributed by atoms with E-state index < -0.39 is 12.0 Å². The van der Waals surface area contributed by atoms with E-state index in [1.54, 1.807) is 4.90 Å². The fourth-order valence-corrected chi connectivity index (χ4v) is 1.50. The monoisotopic (exact) mass is 214 g/mol. The fourth-order valence-electron chi connectivity index (χ4n) is 1.50. The van der Waals surface area contributed by atoms with Crippen molar-refractivity contribution in [1.82, 2.24) is 4.90 Å². The van der Waals surface area contributed by atoms with Crippen LogP contribution in [-0.2, 0) is 9.59 Å². The van der Waals surface area contributed by atoms with Crippen molar-refractivity contribution in [3.05, 3.63) is 0 Å². The van der Waals surface area contributed by atoms with Crippen molar-refractivity contribution in [2.75, 3.05) is 13.1 Å². The first-order valence-electron chi connectivity index (χ1n) is 5.30. The zero-order chi connectivity index (χ0) is 11.4. The van der Waals surface area contributed by atoms with Crippen LogP contribution in [0.2, 0.25) is 0 Å². The van der Waals surface area contributed by atoms with Crippen LogP contribution in [0.15, 0.2) is 0 Å². The third-order valence-electron chi connectivity index (χ3n) is 2.58. The smallest absolute Gasteiger partial charge is 0.305 e. The van der Waals surface area contributed by atoms with Gasteiger partial charge in [-0.1, -0.05) is 0 Å². The molecule has 0 heterocycles. The Morgan fingerprint density at radius 1 is 1.53 bits per heavy atom. The summed E-state index contributed by atoms with van der Waals surface area (Å²) in [4.78, 5) is 23.8. The van der Waals surface area contributed by atoms with Crippen LogP contribution >= 0.6 is 0 Å². The van der Waals surface area contributed by atoms with Gasteiger partial charge in [0.2, 0.25) is 5.91 Å². The predicted molar refractivity (Wildman–Crippen MR) is 55.2 cm³/mol. The van der Waals surface area contributed by atoms with Crippen molar-refractivity contribution in [1.29, 1.82) is 0 Å². The number of amides is 1. The van der Waals surface area contributed by atoms with E-state index in [4.69, 9.17) is 10.8 Å². The van der Waals surface area contributed by atoms with E-state index in [0.29, 0.717) is 12.5 Å². The minimum atomic E-state index is -1.03. The largest absolute Gasteiger partial charge is 0.481 e. The number of nitrogens with two attached hydrogens (primary N) is 1. The van der Waals surface area contributed by atoms with Crippen LogP contribution in [0.5, 0.6) is 0 Å². The van der Waals surface area contributed by atoms with Gasteiger partial charge in [-0.25, -0.2) is 0 Å². The number of carbonyl (C=O) groups excluding carboxylic acids is 1. The molecule has 0 spiro atoms. The number of likely N-dealkylation sites (N-methyl/N-ethyl adjacent to an activating group) is 1. The van der Waals surface area contributed by atoms with Gasteiger partial charge >= 0.3 is 5.97 Å². The van der Waals surface area contributed by atoms with Gasteiger partial charge in [-0.15, -0.1) is 0 Å². The van der Waals surface area contributed by atoms with Crippen molar-refractivity contribution in [3.8, 4) is 0 Å². The Hall–Kier alpha value is -1.10. The quantitative estimate of drug-likeness (QED) is 0.654. The van der Waals surface area contributed by atoms with Crippen molar-refractivity contribution in [2.24, 2.45) is 11.7 Å². The third-order valence-corrected chi connectivity index (χ3v) is 2.58. The first-order valence-corrected chi connectivity index (χ1v) is 5.30. The lowest BCUT2D eigenvalue weighted by atomic mass is 10.2. The molecule has 1 aliphatic rings. The van der Waals surface area contributed by atoms with E-state index >= 15 is 0 Å². The molecule has 1 atom stereocenters. The molecule has 0 aromatic heterocycles. The average molecular weight is 214 g/mol.